The minimum atomic E-state index is -0.0955. The van der Waals surface area contributed by atoms with Gasteiger partial charge in [0.2, 0.25) is 5.91 Å². The van der Waals surface area contributed by atoms with Gasteiger partial charge in [-0.15, -0.1) is 0 Å². The molecule has 0 aliphatic carbocycles. The topological polar surface area (TPSA) is 32.3 Å². The van der Waals surface area contributed by atoms with Crippen LogP contribution in [0.25, 0.3) is 0 Å². The molecule has 3 nitrogen and oxygen atoms in total. The molecule has 1 amide bonds. The van der Waals surface area contributed by atoms with E-state index in [1.54, 1.807) is 12.4 Å². The molecule has 0 saturated heterocycles. The Morgan fingerprint density at radius 1 is 1.13 bits per heavy atom. The van der Waals surface area contributed by atoms with Crippen molar-refractivity contribution in [1.29, 1.82) is 0 Å². The van der Waals surface area contributed by atoms with Crippen molar-refractivity contribution in [2.75, 3.05) is 0 Å². The van der Waals surface area contributed by atoms with Crippen LogP contribution in [0.4, 0.5) is 0 Å². The van der Waals surface area contributed by atoms with Gasteiger partial charge in [0, 0.05) is 31.2 Å². The van der Waals surface area contributed by atoms with Crippen LogP contribution in [-0.4, -0.2) is 10.8 Å². The molecule has 1 N–H and O–H groups in total. The van der Waals surface area contributed by atoms with Crippen molar-refractivity contribution >= 4 is 5.91 Å². The first kappa shape index (κ1) is 9.52. The Hall–Kier alpha value is -2.03. The molecule has 2 rings (SSSR count). The van der Waals surface area contributed by atoms with E-state index in [9.17, 15) is 4.79 Å². The number of carbonyl (C=O) groups is 1. The third-order valence-electron chi connectivity index (χ3n) is 2.12. The first-order valence-corrected chi connectivity index (χ1v) is 4.80. The standard InChI is InChI=1S/C12H12N2O/c15-12-6-8-14(9-7-13-12)10-11-4-2-1-3-5-11/h1-9H,10H2,(H,13,15). The SMILES string of the molecule is O=C1C=CN(Cc2ccccc2)C=CN1. The minimum absolute atomic E-state index is 0.0955. The molecule has 1 aromatic carbocycles. The second-order valence-corrected chi connectivity index (χ2v) is 3.30. The van der Waals surface area contributed by atoms with Crippen LogP contribution in [0.15, 0.2) is 55.0 Å². The first-order valence-electron chi connectivity index (χ1n) is 4.80. The zero-order chi connectivity index (χ0) is 10.5. The van der Waals surface area contributed by atoms with E-state index < -0.39 is 0 Å². The Labute approximate surface area is 88.7 Å². The van der Waals surface area contributed by atoms with Gasteiger partial charge >= 0.3 is 0 Å². The molecule has 0 unspecified atom stereocenters. The molecule has 1 aliphatic heterocycles. The molecule has 0 atom stereocenters. The predicted molar refractivity (Wildman–Crippen MR) is 58.4 cm³/mol. The summed E-state index contributed by atoms with van der Waals surface area (Å²) in [6, 6.07) is 10.1. The second-order valence-electron chi connectivity index (χ2n) is 3.30. The van der Waals surface area contributed by atoms with Gasteiger partial charge in [-0.1, -0.05) is 30.3 Å². The molecule has 15 heavy (non-hydrogen) atoms. The van der Waals surface area contributed by atoms with Crippen LogP contribution in [0.5, 0.6) is 0 Å². The lowest BCUT2D eigenvalue weighted by molar-refractivity contribution is -0.115. The summed E-state index contributed by atoms with van der Waals surface area (Å²) in [5.41, 5.74) is 1.21. The maximum atomic E-state index is 11.0. The zero-order valence-electron chi connectivity index (χ0n) is 8.26. The van der Waals surface area contributed by atoms with Crippen LogP contribution in [0.1, 0.15) is 5.56 Å². The van der Waals surface area contributed by atoms with E-state index in [0.29, 0.717) is 0 Å². The maximum absolute atomic E-state index is 11.0. The van der Waals surface area contributed by atoms with Gasteiger partial charge in [0.25, 0.3) is 0 Å². The lowest BCUT2D eigenvalue weighted by atomic mass is 10.2. The minimum Gasteiger partial charge on any atom is -0.348 e. The average Bonchev–Trinajstić information content (AvgIpc) is 2.46. The maximum Gasteiger partial charge on any atom is 0.249 e. The third-order valence-corrected chi connectivity index (χ3v) is 2.12. The van der Waals surface area contributed by atoms with Crippen molar-refractivity contribution in [2.24, 2.45) is 0 Å². The summed E-state index contributed by atoms with van der Waals surface area (Å²) < 4.78 is 0. The third kappa shape index (κ3) is 2.71. The summed E-state index contributed by atoms with van der Waals surface area (Å²) in [4.78, 5) is 13.0. The Balaban J connectivity index is 2.06. The van der Waals surface area contributed by atoms with E-state index in [1.165, 1.54) is 11.6 Å². The molecule has 0 fully saturated rings. The Bertz CT molecular complexity index is 395. The van der Waals surface area contributed by atoms with E-state index in [0.717, 1.165) is 6.54 Å². The van der Waals surface area contributed by atoms with Crippen molar-refractivity contribution in [1.82, 2.24) is 10.2 Å². The Morgan fingerprint density at radius 2 is 1.93 bits per heavy atom. The lowest BCUT2D eigenvalue weighted by Gasteiger charge is -2.13. The molecule has 1 heterocycles. The van der Waals surface area contributed by atoms with Crippen LogP contribution in [0, 0.1) is 0 Å². The fourth-order valence-electron chi connectivity index (χ4n) is 1.38. The Morgan fingerprint density at radius 3 is 2.73 bits per heavy atom. The number of carbonyl (C=O) groups excluding carboxylic acids is 1. The summed E-state index contributed by atoms with van der Waals surface area (Å²) in [6.45, 7) is 0.767. The second kappa shape index (κ2) is 4.46. The fraction of sp³-hybridized carbons (Fsp3) is 0.0833. The van der Waals surface area contributed by atoms with E-state index >= 15 is 0 Å². The van der Waals surface area contributed by atoms with Gasteiger partial charge in [-0.3, -0.25) is 4.79 Å². The van der Waals surface area contributed by atoms with E-state index in [-0.39, 0.29) is 5.91 Å². The Kier molecular flexibility index (Phi) is 2.83. The molecule has 1 aliphatic rings. The lowest BCUT2D eigenvalue weighted by Crippen LogP contribution is -2.11. The fourth-order valence-corrected chi connectivity index (χ4v) is 1.38. The van der Waals surface area contributed by atoms with Gasteiger partial charge in [-0.05, 0) is 5.56 Å². The monoisotopic (exact) mass is 200 g/mol. The van der Waals surface area contributed by atoms with E-state index in [1.807, 2.05) is 29.3 Å². The molecule has 0 spiro atoms. The number of amides is 1. The molecule has 76 valence electrons. The quantitative estimate of drug-likeness (QED) is 0.786. The summed E-state index contributed by atoms with van der Waals surface area (Å²) >= 11 is 0. The van der Waals surface area contributed by atoms with Gasteiger partial charge in [0.05, 0.1) is 0 Å². The largest absolute Gasteiger partial charge is 0.348 e. The molecule has 0 radical (unpaired) electrons. The average molecular weight is 200 g/mol. The van der Waals surface area contributed by atoms with Crippen molar-refractivity contribution in [2.45, 2.75) is 6.54 Å². The summed E-state index contributed by atoms with van der Waals surface area (Å²) in [7, 11) is 0. The van der Waals surface area contributed by atoms with Crippen molar-refractivity contribution < 1.29 is 4.79 Å². The molecule has 0 saturated carbocycles. The molecular formula is C12H12N2O. The van der Waals surface area contributed by atoms with Gasteiger partial charge in [-0.25, -0.2) is 0 Å². The number of nitrogens with zero attached hydrogens (tertiary/aromatic N) is 1. The molecular weight excluding hydrogens is 188 g/mol. The number of hydrogen-bond donors (Lipinski definition) is 1. The number of hydrogen-bond acceptors (Lipinski definition) is 2. The van der Waals surface area contributed by atoms with Crippen LogP contribution in [0.3, 0.4) is 0 Å². The highest BCUT2D eigenvalue weighted by Gasteiger charge is 2.01. The highest BCUT2D eigenvalue weighted by molar-refractivity contribution is 5.88. The highest BCUT2D eigenvalue weighted by Crippen LogP contribution is 2.06. The molecule has 0 bridgehead atoms. The van der Waals surface area contributed by atoms with Gasteiger partial charge in [-0.2, -0.15) is 0 Å². The van der Waals surface area contributed by atoms with E-state index in [4.69, 9.17) is 0 Å². The van der Waals surface area contributed by atoms with Gasteiger partial charge in [0.1, 0.15) is 0 Å². The predicted octanol–water partition coefficient (Wildman–Crippen LogP) is 1.60. The summed E-state index contributed by atoms with van der Waals surface area (Å²) in [6.07, 6.45) is 6.77. The zero-order valence-corrected chi connectivity index (χ0v) is 8.26. The molecule has 0 aromatic heterocycles. The molecule has 3 heteroatoms. The van der Waals surface area contributed by atoms with E-state index in [2.05, 4.69) is 17.4 Å². The number of rotatable bonds is 2. The van der Waals surface area contributed by atoms with Gasteiger partial charge < -0.3 is 10.2 Å². The number of nitrogens with one attached hydrogen (secondary N) is 1. The van der Waals surface area contributed by atoms with Gasteiger partial charge in [0.15, 0.2) is 0 Å². The summed E-state index contributed by atoms with van der Waals surface area (Å²) in [5, 5.41) is 2.61. The van der Waals surface area contributed by atoms with Crippen molar-refractivity contribution in [3.63, 3.8) is 0 Å². The van der Waals surface area contributed by atoms with Crippen LogP contribution >= 0.6 is 0 Å². The first-order chi connectivity index (χ1) is 7.34. The van der Waals surface area contributed by atoms with Crippen LogP contribution in [-0.2, 0) is 11.3 Å². The van der Waals surface area contributed by atoms with Crippen molar-refractivity contribution in [3.05, 3.63) is 60.6 Å². The smallest absolute Gasteiger partial charge is 0.249 e. The summed E-state index contributed by atoms with van der Waals surface area (Å²) in [5.74, 6) is -0.0955. The number of benzene rings is 1. The van der Waals surface area contributed by atoms with Crippen LogP contribution in [0.2, 0.25) is 0 Å². The highest BCUT2D eigenvalue weighted by atomic mass is 16.1. The van der Waals surface area contributed by atoms with Crippen LogP contribution < -0.4 is 5.32 Å². The molecule has 1 aromatic rings. The normalized spacial score (nSPS) is 14.9. The van der Waals surface area contributed by atoms with Crippen molar-refractivity contribution in [3.8, 4) is 0 Å².